The van der Waals surface area contributed by atoms with Gasteiger partial charge >= 0.3 is 0 Å². The Hall–Kier alpha value is -1.81. The lowest BCUT2D eigenvalue weighted by atomic mass is 10.2. The Kier molecular flexibility index (Phi) is 3.44. The second-order valence-electron chi connectivity index (χ2n) is 3.71. The highest BCUT2D eigenvalue weighted by atomic mass is 32.2. The quantitative estimate of drug-likeness (QED) is 0.848. The van der Waals surface area contributed by atoms with Crippen molar-refractivity contribution in [3.05, 3.63) is 54.1 Å². The minimum absolute atomic E-state index is 0.562. The molecule has 2 N–H and O–H groups in total. The molecule has 0 heterocycles. The molecule has 0 fully saturated rings. The molecule has 4 heteroatoms. The second kappa shape index (κ2) is 5.01. The van der Waals surface area contributed by atoms with E-state index in [0.29, 0.717) is 16.3 Å². The van der Waals surface area contributed by atoms with E-state index in [-0.39, 0.29) is 0 Å². The third kappa shape index (κ3) is 3.07. The van der Waals surface area contributed by atoms with Crippen LogP contribution in [0.4, 0.5) is 5.69 Å². The van der Waals surface area contributed by atoms with Gasteiger partial charge in [0.2, 0.25) is 11.1 Å². The number of aryl methyl sites for hydroxylation is 1. The fourth-order valence-electron chi connectivity index (χ4n) is 1.42. The van der Waals surface area contributed by atoms with Crippen molar-refractivity contribution in [2.24, 2.45) is 0 Å². The van der Waals surface area contributed by atoms with Crippen molar-refractivity contribution in [1.82, 2.24) is 0 Å². The lowest BCUT2D eigenvalue weighted by molar-refractivity contribution is 0.562. The van der Waals surface area contributed by atoms with E-state index in [2.05, 4.69) is 0 Å². The number of nitrogen functional groups attached to an aromatic ring is 1. The van der Waals surface area contributed by atoms with E-state index in [0.717, 1.165) is 5.56 Å². The van der Waals surface area contributed by atoms with Gasteiger partial charge in [0, 0.05) is 5.69 Å². The first-order valence-electron chi connectivity index (χ1n) is 5.17. The highest BCUT2D eigenvalue weighted by Gasteiger charge is 2.06. The van der Waals surface area contributed by atoms with E-state index in [9.17, 15) is 4.21 Å². The number of nitrogens with two attached hydrogens (primary N) is 1. The van der Waals surface area contributed by atoms with Gasteiger partial charge in [-0.25, -0.2) is 4.21 Å². The second-order valence-corrected chi connectivity index (χ2v) is 4.81. The highest BCUT2D eigenvalue weighted by molar-refractivity contribution is 7.80. The van der Waals surface area contributed by atoms with E-state index < -0.39 is 11.1 Å². The predicted molar refractivity (Wildman–Crippen MR) is 69.1 cm³/mol. The van der Waals surface area contributed by atoms with E-state index in [1.807, 2.05) is 25.1 Å². The molecule has 0 saturated carbocycles. The van der Waals surface area contributed by atoms with Gasteiger partial charge in [-0.2, -0.15) is 0 Å². The van der Waals surface area contributed by atoms with Crippen LogP contribution in [0.5, 0.6) is 5.75 Å². The average molecular weight is 247 g/mol. The Balaban J connectivity index is 2.17. The Morgan fingerprint density at radius 1 is 1.12 bits per heavy atom. The van der Waals surface area contributed by atoms with Crippen LogP contribution >= 0.6 is 0 Å². The van der Waals surface area contributed by atoms with Gasteiger partial charge in [0.25, 0.3) is 0 Å². The van der Waals surface area contributed by atoms with Crippen LogP contribution in [-0.4, -0.2) is 4.21 Å². The van der Waals surface area contributed by atoms with Crippen molar-refractivity contribution in [2.45, 2.75) is 11.8 Å². The van der Waals surface area contributed by atoms with Crippen LogP contribution in [0.15, 0.2) is 53.4 Å². The van der Waals surface area contributed by atoms with Crippen molar-refractivity contribution in [3.8, 4) is 5.75 Å². The number of anilines is 1. The van der Waals surface area contributed by atoms with Crippen LogP contribution in [0.1, 0.15) is 5.56 Å². The number of hydrogen-bond donors (Lipinski definition) is 1. The molecule has 88 valence electrons. The van der Waals surface area contributed by atoms with Gasteiger partial charge in [-0.1, -0.05) is 18.2 Å². The summed E-state index contributed by atoms with van der Waals surface area (Å²) in [4.78, 5) is 0.562. The first-order valence-corrected chi connectivity index (χ1v) is 6.25. The molecule has 2 rings (SSSR count). The molecule has 2 aromatic carbocycles. The van der Waals surface area contributed by atoms with Gasteiger partial charge in [-0.15, -0.1) is 0 Å². The molecule has 0 aliphatic rings. The van der Waals surface area contributed by atoms with E-state index in [4.69, 9.17) is 9.92 Å². The van der Waals surface area contributed by atoms with Gasteiger partial charge in [0.05, 0.1) is 4.90 Å². The Morgan fingerprint density at radius 2 is 1.88 bits per heavy atom. The van der Waals surface area contributed by atoms with Crippen LogP contribution in [0, 0.1) is 6.92 Å². The monoisotopic (exact) mass is 247 g/mol. The van der Waals surface area contributed by atoms with Gasteiger partial charge in [-0.3, -0.25) is 0 Å². The molecule has 2 aromatic rings. The first-order chi connectivity index (χ1) is 8.15. The first kappa shape index (κ1) is 11.7. The molecular formula is C13H13NO2S. The third-order valence-corrected chi connectivity index (χ3v) is 3.19. The zero-order chi connectivity index (χ0) is 12.3. The van der Waals surface area contributed by atoms with Crippen LogP contribution in [-0.2, 0) is 11.1 Å². The maximum atomic E-state index is 11.9. The summed E-state index contributed by atoms with van der Waals surface area (Å²) in [6.07, 6.45) is 0. The molecule has 0 bridgehead atoms. The highest BCUT2D eigenvalue weighted by Crippen LogP contribution is 2.18. The van der Waals surface area contributed by atoms with Crippen LogP contribution in [0.25, 0.3) is 0 Å². The topological polar surface area (TPSA) is 52.3 Å². The van der Waals surface area contributed by atoms with Crippen molar-refractivity contribution in [3.63, 3.8) is 0 Å². The SMILES string of the molecule is Cc1cccc(OS(=O)c2cccc(N)c2)c1. The molecule has 3 nitrogen and oxygen atoms in total. The number of rotatable bonds is 3. The standard InChI is InChI=1S/C13H13NO2S/c1-10-4-2-6-12(8-10)16-17(15)13-7-3-5-11(14)9-13/h2-9H,14H2,1H3. The van der Waals surface area contributed by atoms with Gasteiger partial charge in [0.15, 0.2) is 0 Å². The van der Waals surface area contributed by atoms with Crippen molar-refractivity contribution in [2.75, 3.05) is 5.73 Å². The van der Waals surface area contributed by atoms with Crippen molar-refractivity contribution in [1.29, 1.82) is 0 Å². The minimum Gasteiger partial charge on any atom is -0.399 e. The molecule has 1 unspecified atom stereocenters. The van der Waals surface area contributed by atoms with Crippen LogP contribution < -0.4 is 9.92 Å². The van der Waals surface area contributed by atoms with Gasteiger partial charge in [-0.05, 0) is 42.8 Å². The predicted octanol–water partition coefficient (Wildman–Crippen LogP) is 2.68. The van der Waals surface area contributed by atoms with Crippen LogP contribution in [0.2, 0.25) is 0 Å². The minimum atomic E-state index is -1.53. The zero-order valence-corrected chi connectivity index (χ0v) is 10.2. The van der Waals surface area contributed by atoms with Gasteiger partial charge < -0.3 is 9.92 Å². The fourth-order valence-corrected chi connectivity index (χ4v) is 2.22. The van der Waals surface area contributed by atoms with E-state index >= 15 is 0 Å². The molecule has 0 saturated heterocycles. The maximum absolute atomic E-state index is 11.9. The molecular weight excluding hydrogens is 234 g/mol. The lowest BCUT2D eigenvalue weighted by Crippen LogP contribution is -2.01. The maximum Gasteiger partial charge on any atom is 0.240 e. The Labute approximate surface area is 103 Å². The molecule has 0 aliphatic heterocycles. The summed E-state index contributed by atoms with van der Waals surface area (Å²) in [5.74, 6) is 0.589. The molecule has 17 heavy (non-hydrogen) atoms. The summed E-state index contributed by atoms with van der Waals surface area (Å²) in [5.41, 5.74) is 7.26. The number of hydrogen-bond acceptors (Lipinski definition) is 3. The van der Waals surface area contributed by atoms with Gasteiger partial charge in [0.1, 0.15) is 5.75 Å². The molecule has 0 spiro atoms. The average Bonchev–Trinajstić information content (AvgIpc) is 2.29. The molecule has 0 aliphatic carbocycles. The third-order valence-electron chi connectivity index (χ3n) is 2.21. The summed E-state index contributed by atoms with van der Waals surface area (Å²) in [5, 5.41) is 0. The van der Waals surface area contributed by atoms with Crippen molar-refractivity contribution < 1.29 is 8.39 Å². The van der Waals surface area contributed by atoms with Crippen molar-refractivity contribution >= 4 is 16.8 Å². The van der Waals surface area contributed by atoms with Crippen LogP contribution in [0.3, 0.4) is 0 Å². The summed E-state index contributed by atoms with van der Waals surface area (Å²) in [7, 11) is 0. The summed E-state index contributed by atoms with van der Waals surface area (Å²) < 4.78 is 17.3. The molecule has 0 radical (unpaired) electrons. The largest absolute Gasteiger partial charge is 0.399 e. The molecule has 0 amide bonds. The fraction of sp³-hybridized carbons (Fsp3) is 0.0769. The van der Waals surface area contributed by atoms with E-state index in [1.54, 1.807) is 30.3 Å². The Morgan fingerprint density at radius 3 is 2.59 bits per heavy atom. The molecule has 1 atom stereocenters. The number of benzene rings is 2. The summed E-state index contributed by atoms with van der Waals surface area (Å²) in [6, 6.07) is 14.3. The lowest BCUT2D eigenvalue weighted by Gasteiger charge is -2.05. The zero-order valence-electron chi connectivity index (χ0n) is 9.42. The van der Waals surface area contributed by atoms with E-state index in [1.165, 1.54) is 0 Å². The molecule has 0 aromatic heterocycles. The summed E-state index contributed by atoms with van der Waals surface area (Å²) >= 11 is -1.53. The summed E-state index contributed by atoms with van der Waals surface area (Å²) in [6.45, 7) is 1.95. The Bertz CT molecular complexity index is 555. The smallest absolute Gasteiger partial charge is 0.240 e. The normalized spacial score (nSPS) is 12.1.